The largest absolute Gasteiger partial charge is 0.456 e. The molecule has 1 aromatic heterocycles. The van der Waals surface area contributed by atoms with Crippen molar-refractivity contribution < 1.29 is 18.0 Å². The summed E-state index contributed by atoms with van der Waals surface area (Å²) in [5, 5.41) is 3.02. The van der Waals surface area contributed by atoms with Gasteiger partial charge in [-0.2, -0.15) is 13.2 Å². The molecule has 6 heteroatoms. The lowest BCUT2D eigenvalue weighted by molar-refractivity contribution is -0.0888. The van der Waals surface area contributed by atoms with E-state index in [0.29, 0.717) is 19.5 Å². The Morgan fingerprint density at radius 2 is 2.13 bits per heavy atom. The van der Waals surface area contributed by atoms with Crippen LogP contribution in [0.4, 0.5) is 13.2 Å². The number of aromatic amines is 1. The number of H-pyrrole nitrogens is 1. The Morgan fingerprint density at radius 1 is 1.40 bits per heavy atom. The number of aromatic nitrogens is 1. The number of ketones is 1. The molecule has 0 saturated heterocycles. The summed E-state index contributed by atoms with van der Waals surface area (Å²) < 4.78 is 36.3. The fraction of sp³-hybridized carbons (Fsp3) is 0.444. The van der Waals surface area contributed by atoms with Gasteiger partial charge in [0.1, 0.15) is 0 Å². The number of alkyl halides is 3. The van der Waals surface area contributed by atoms with Crippen LogP contribution in [0.3, 0.4) is 0 Å². The first-order chi connectivity index (χ1) is 6.98. The van der Waals surface area contributed by atoms with Gasteiger partial charge in [0.2, 0.25) is 0 Å². The molecular formula is C9H9F3N2O. The fourth-order valence-corrected chi connectivity index (χ4v) is 1.63. The van der Waals surface area contributed by atoms with Gasteiger partial charge in [0, 0.05) is 25.2 Å². The molecular weight excluding hydrogens is 209 g/mol. The maximum atomic E-state index is 12.1. The van der Waals surface area contributed by atoms with E-state index in [1.54, 1.807) is 0 Å². The van der Waals surface area contributed by atoms with Gasteiger partial charge in [-0.3, -0.25) is 4.79 Å². The number of hydrogen-bond donors (Lipinski definition) is 2. The van der Waals surface area contributed by atoms with Crippen LogP contribution in [0.25, 0.3) is 0 Å². The summed E-state index contributed by atoms with van der Waals surface area (Å²) in [4.78, 5) is 13.4. The predicted octanol–water partition coefficient (Wildman–Crippen LogP) is 1.41. The van der Waals surface area contributed by atoms with E-state index in [0.717, 1.165) is 11.3 Å². The number of halogens is 3. The van der Waals surface area contributed by atoms with Crippen LogP contribution in [0, 0.1) is 0 Å². The minimum atomic E-state index is -4.80. The number of hydrogen-bond acceptors (Lipinski definition) is 2. The number of carbonyl (C=O) groups is 1. The quantitative estimate of drug-likeness (QED) is 0.700. The van der Waals surface area contributed by atoms with Crippen LogP contribution in [-0.4, -0.2) is 23.5 Å². The fourth-order valence-electron chi connectivity index (χ4n) is 1.63. The monoisotopic (exact) mass is 218 g/mol. The lowest BCUT2D eigenvalue weighted by Crippen LogP contribution is -2.23. The van der Waals surface area contributed by atoms with E-state index in [4.69, 9.17) is 0 Å². The molecule has 0 bridgehead atoms. The topological polar surface area (TPSA) is 44.9 Å². The molecule has 82 valence electrons. The molecule has 0 radical (unpaired) electrons. The Hall–Kier alpha value is -1.30. The maximum absolute atomic E-state index is 12.1. The lowest BCUT2D eigenvalue weighted by Gasteiger charge is -2.11. The summed E-state index contributed by atoms with van der Waals surface area (Å²) in [7, 11) is 0. The van der Waals surface area contributed by atoms with Crippen molar-refractivity contribution in [3.8, 4) is 0 Å². The zero-order valence-corrected chi connectivity index (χ0v) is 7.74. The van der Waals surface area contributed by atoms with Gasteiger partial charge in [0.05, 0.1) is 5.69 Å². The van der Waals surface area contributed by atoms with Gasteiger partial charge < -0.3 is 10.3 Å². The van der Waals surface area contributed by atoms with E-state index in [1.165, 1.54) is 6.07 Å². The van der Waals surface area contributed by atoms with E-state index >= 15 is 0 Å². The highest BCUT2D eigenvalue weighted by Gasteiger charge is 2.40. The van der Waals surface area contributed by atoms with Crippen molar-refractivity contribution in [2.75, 3.05) is 6.54 Å². The summed E-state index contributed by atoms with van der Waals surface area (Å²) in [6, 6.07) is 1.28. The Bertz CT molecular complexity index is 371. The molecule has 0 aliphatic carbocycles. The van der Waals surface area contributed by atoms with Gasteiger partial charge >= 0.3 is 6.18 Å². The van der Waals surface area contributed by atoms with Crippen LogP contribution in [0.5, 0.6) is 0 Å². The molecule has 0 fully saturated rings. The molecule has 0 saturated carbocycles. The smallest absolute Gasteiger partial charge is 0.355 e. The summed E-state index contributed by atoms with van der Waals surface area (Å²) in [5.41, 5.74) is 1.10. The molecule has 2 N–H and O–H groups in total. The van der Waals surface area contributed by atoms with Crippen molar-refractivity contribution in [1.82, 2.24) is 10.3 Å². The average Bonchev–Trinajstić information content (AvgIpc) is 2.58. The Kier molecular flexibility index (Phi) is 2.30. The van der Waals surface area contributed by atoms with Gasteiger partial charge in [0.15, 0.2) is 0 Å². The van der Waals surface area contributed by atoms with Crippen LogP contribution in [0.1, 0.15) is 21.7 Å². The first kappa shape index (κ1) is 10.2. The third kappa shape index (κ3) is 1.90. The van der Waals surface area contributed by atoms with E-state index in [9.17, 15) is 18.0 Å². The highest BCUT2D eigenvalue weighted by atomic mass is 19.4. The lowest BCUT2D eigenvalue weighted by atomic mass is 10.1. The minimum Gasteiger partial charge on any atom is -0.355 e. The third-order valence-corrected chi connectivity index (χ3v) is 2.36. The molecule has 3 nitrogen and oxygen atoms in total. The van der Waals surface area contributed by atoms with Gasteiger partial charge in [-0.15, -0.1) is 0 Å². The highest BCUT2D eigenvalue weighted by Crippen LogP contribution is 2.23. The van der Waals surface area contributed by atoms with E-state index in [-0.39, 0.29) is 5.69 Å². The van der Waals surface area contributed by atoms with Crippen LogP contribution < -0.4 is 5.32 Å². The standard InChI is InChI=1S/C9H9F3N2O/c10-9(11,12)8(15)7-3-5-4-13-2-1-6(5)14-7/h3,13-14H,1-2,4H2. The predicted molar refractivity (Wildman–Crippen MR) is 46.6 cm³/mol. The molecule has 0 atom stereocenters. The van der Waals surface area contributed by atoms with Gasteiger partial charge in [-0.1, -0.05) is 0 Å². The van der Waals surface area contributed by atoms with Crippen LogP contribution in [-0.2, 0) is 13.0 Å². The molecule has 0 aromatic carbocycles. The van der Waals surface area contributed by atoms with Crippen molar-refractivity contribution in [3.63, 3.8) is 0 Å². The Balaban J connectivity index is 2.30. The Morgan fingerprint density at radius 3 is 2.73 bits per heavy atom. The maximum Gasteiger partial charge on any atom is 0.456 e. The summed E-state index contributed by atoms with van der Waals surface area (Å²) in [6.45, 7) is 1.23. The zero-order chi connectivity index (χ0) is 11.1. The van der Waals surface area contributed by atoms with Crippen LogP contribution in [0.15, 0.2) is 6.07 Å². The second kappa shape index (κ2) is 3.37. The number of carbonyl (C=O) groups excluding carboxylic acids is 1. The number of fused-ring (bicyclic) bond motifs is 1. The number of rotatable bonds is 1. The van der Waals surface area contributed by atoms with Crippen molar-refractivity contribution in [2.24, 2.45) is 0 Å². The van der Waals surface area contributed by atoms with Crippen LogP contribution >= 0.6 is 0 Å². The number of Topliss-reactive ketones (excluding diaryl/α,β-unsaturated/α-hetero) is 1. The van der Waals surface area contributed by atoms with E-state index < -0.39 is 12.0 Å². The van der Waals surface area contributed by atoms with Crippen molar-refractivity contribution >= 4 is 5.78 Å². The molecule has 1 aliphatic rings. The van der Waals surface area contributed by atoms with Crippen LogP contribution in [0.2, 0.25) is 0 Å². The van der Waals surface area contributed by atoms with Gasteiger partial charge in [-0.05, 0) is 11.6 Å². The van der Waals surface area contributed by atoms with Gasteiger partial charge in [0.25, 0.3) is 5.78 Å². The molecule has 1 aliphatic heterocycles. The van der Waals surface area contributed by atoms with Gasteiger partial charge in [-0.25, -0.2) is 0 Å². The molecule has 0 spiro atoms. The number of nitrogens with one attached hydrogen (secondary N) is 2. The molecule has 2 rings (SSSR count). The molecule has 0 unspecified atom stereocenters. The third-order valence-electron chi connectivity index (χ3n) is 2.36. The normalized spacial score (nSPS) is 16.2. The summed E-state index contributed by atoms with van der Waals surface area (Å²) in [6.07, 6.45) is -4.18. The average molecular weight is 218 g/mol. The zero-order valence-electron chi connectivity index (χ0n) is 7.74. The Labute approximate surface area is 83.7 Å². The molecule has 1 aromatic rings. The summed E-state index contributed by atoms with van der Waals surface area (Å²) >= 11 is 0. The minimum absolute atomic E-state index is 0.365. The second-order valence-electron chi connectivity index (χ2n) is 3.44. The molecule has 2 heterocycles. The van der Waals surface area contributed by atoms with Crippen molar-refractivity contribution in [2.45, 2.75) is 19.1 Å². The van der Waals surface area contributed by atoms with Crippen molar-refractivity contribution in [3.05, 3.63) is 23.0 Å². The first-order valence-electron chi connectivity index (χ1n) is 4.51. The summed E-state index contributed by atoms with van der Waals surface area (Å²) in [5.74, 6) is -1.81. The highest BCUT2D eigenvalue weighted by molar-refractivity contribution is 5.99. The van der Waals surface area contributed by atoms with E-state index in [1.807, 2.05) is 0 Å². The second-order valence-corrected chi connectivity index (χ2v) is 3.44. The van der Waals surface area contributed by atoms with Crippen molar-refractivity contribution in [1.29, 1.82) is 0 Å². The molecule has 0 amide bonds. The first-order valence-corrected chi connectivity index (χ1v) is 4.51. The van der Waals surface area contributed by atoms with E-state index in [2.05, 4.69) is 10.3 Å². The molecule has 15 heavy (non-hydrogen) atoms. The SMILES string of the molecule is O=C(c1cc2c([nH]1)CCNC2)C(F)(F)F.